The Labute approximate surface area is 119 Å². The molecule has 0 spiro atoms. The van der Waals surface area contributed by atoms with E-state index in [-0.39, 0.29) is 6.61 Å². The van der Waals surface area contributed by atoms with Crippen LogP contribution in [0.2, 0.25) is 5.02 Å². The highest BCUT2D eigenvalue weighted by molar-refractivity contribution is 6.30. The van der Waals surface area contributed by atoms with Crippen molar-refractivity contribution in [2.75, 3.05) is 6.61 Å². The van der Waals surface area contributed by atoms with Gasteiger partial charge in [-0.2, -0.15) is 0 Å². The molecule has 1 aliphatic rings. The Morgan fingerprint density at radius 2 is 2.32 bits per heavy atom. The van der Waals surface area contributed by atoms with E-state index < -0.39 is 0 Å². The van der Waals surface area contributed by atoms with E-state index >= 15 is 0 Å². The van der Waals surface area contributed by atoms with Gasteiger partial charge in [0.25, 0.3) is 0 Å². The molecule has 1 aromatic rings. The molecule has 0 bridgehead atoms. The van der Waals surface area contributed by atoms with E-state index in [2.05, 4.69) is 17.5 Å². The van der Waals surface area contributed by atoms with Gasteiger partial charge in [0.2, 0.25) is 0 Å². The van der Waals surface area contributed by atoms with Gasteiger partial charge in [-0.1, -0.05) is 42.0 Å². The van der Waals surface area contributed by atoms with Crippen LogP contribution in [0.25, 0.3) is 0 Å². The lowest BCUT2D eigenvalue weighted by Gasteiger charge is -2.12. The first kappa shape index (κ1) is 13.9. The second-order valence-corrected chi connectivity index (χ2v) is 4.93. The topological polar surface area (TPSA) is 32.3 Å². The molecule has 3 heteroatoms. The predicted octanol–water partition coefficient (Wildman–Crippen LogP) is 3.58. The highest BCUT2D eigenvalue weighted by Gasteiger charge is 2.05. The fourth-order valence-electron chi connectivity index (χ4n) is 2.05. The maximum absolute atomic E-state index is 9.43. The summed E-state index contributed by atoms with van der Waals surface area (Å²) >= 11 is 5.94. The van der Waals surface area contributed by atoms with Gasteiger partial charge in [-0.05, 0) is 41.7 Å². The van der Waals surface area contributed by atoms with Crippen molar-refractivity contribution in [1.82, 2.24) is 5.32 Å². The molecule has 19 heavy (non-hydrogen) atoms. The van der Waals surface area contributed by atoms with Gasteiger partial charge in [-0.25, -0.2) is 0 Å². The number of aliphatic hydroxyl groups excluding tert-OH is 1. The van der Waals surface area contributed by atoms with Crippen LogP contribution in [0.4, 0.5) is 0 Å². The van der Waals surface area contributed by atoms with Crippen molar-refractivity contribution in [2.24, 2.45) is 0 Å². The fraction of sp³-hybridized carbons (Fsp3) is 0.250. The Bertz CT molecular complexity index is 517. The van der Waals surface area contributed by atoms with Crippen molar-refractivity contribution >= 4 is 11.6 Å². The number of hydrogen-bond acceptors (Lipinski definition) is 2. The van der Waals surface area contributed by atoms with Crippen LogP contribution in [0, 0.1) is 0 Å². The summed E-state index contributed by atoms with van der Waals surface area (Å²) in [5, 5.41) is 13.4. The zero-order valence-electron chi connectivity index (χ0n) is 10.8. The molecule has 0 radical (unpaired) electrons. The highest BCUT2D eigenvalue weighted by atomic mass is 35.5. The molecule has 0 saturated heterocycles. The maximum Gasteiger partial charge on any atom is 0.0698 e. The molecule has 0 unspecified atom stereocenters. The largest absolute Gasteiger partial charge is 0.392 e. The summed E-state index contributed by atoms with van der Waals surface area (Å²) in [6, 6.07) is 7.75. The lowest BCUT2D eigenvalue weighted by atomic mass is 9.98. The van der Waals surface area contributed by atoms with E-state index in [0.717, 1.165) is 29.0 Å². The SMILES string of the molecule is OC/C(=C/NCc1cccc(Cl)c1)C1=CC=CCC1. The van der Waals surface area contributed by atoms with E-state index in [1.807, 2.05) is 36.5 Å². The lowest BCUT2D eigenvalue weighted by Crippen LogP contribution is -2.09. The van der Waals surface area contributed by atoms with Gasteiger partial charge >= 0.3 is 0 Å². The Balaban J connectivity index is 1.96. The molecular formula is C16H18ClNO. The third kappa shape index (κ3) is 4.27. The van der Waals surface area contributed by atoms with Crippen LogP contribution in [0.3, 0.4) is 0 Å². The fourth-order valence-corrected chi connectivity index (χ4v) is 2.26. The Morgan fingerprint density at radius 3 is 3.00 bits per heavy atom. The average Bonchev–Trinajstić information content (AvgIpc) is 2.45. The highest BCUT2D eigenvalue weighted by Crippen LogP contribution is 2.19. The second-order valence-electron chi connectivity index (χ2n) is 4.50. The second kappa shape index (κ2) is 7.17. The molecule has 0 atom stereocenters. The number of allylic oxidation sites excluding steroid dienone is 3. The number of halogens is 1. The van der Waals surface area contributed by atoms with Crippen molar-refractivity contribution < 1.29 is 5.11 Å². The lowest BCUT2D eigenvalue weighted by molar-refractivity contribution is 0.331. The Morgan fingerprint density at radius 1 is 1.42 bits per heavy atom. The van der Waals surface area contributed by atoms with E-state index in [4.69, 9.17) is 11.6 Å². The molecule has 2 N–H and O–H groups in total. The van der Waals surface area contributed by atoms with Crippen LogP contribution in [0.5, 0.6) is 0 Å². The number of hydrogen-bond donors (Lipinski definition) is 2. The molecule has 1 aromatic carbocycles. The van der Waals surface area contributed by atoms with E-state index in [1.165, 1.54) is 5.57 Å². The van der Waals surface area contributed by atoms with Gasteiger partial charge in [0.15, 0.2) is 0 Å². The van der Waals surface area contributed by atoms with E-state index in [0.29, 0.717) is 6.54 Å². The number of benzene rings is 1. The van der Waals surface area contributed by atoms with Gasteiger partial charge in [0, 0.05) is 17.8 Å². The first-order valence-electron chi connectivity index (χ1n) is 6.43. The van der Waals surface area contributed by atoms with Crippen molar-refractivity contribution in [1.29, 1.82) is 0 Å². The standard InChI is InChI=1S/C16H18ClNO/c17-16-8-4-5-13(9-16)10-18-11-15(12-19)14-6-2-1-3-7-14/h1-2,4-6,8-9,11,18-19H,3,7,10,12H2/b15-11-. The molecule has 0 aliphatic heterocycles. The summed E-state index contributed by atoms with van der Waals surface area (Å²) in [6.07, 6.45) is 10.2. The average molecular weight is 276 g/mol. The third-order valence-corrected chi connectivity index (χ3v) is 3.30. The van der Waals surface area contributed by atoms with Crippen LogP contribution in [0.15, 0.2) is 59.8 Å². The summed E-state index contributed by atoms with van der Waals surface area (Å²) in [6.45, 7) is 0.759. The van der Waals surface area contributed by atoms with Gasteiger partial charge in [0.1, 0.15) is 0 Å². The normalized spacial score (nSPS) is 15.3. The minimum atomic E-state index is 0.0578. The molecule has 0 heterocycles. The molecule has 2 rings (SSSR count). The summed E-state index contributed by atoms with van der Waals surface area (Å²) in [7, 11) is 0. The van der Waals surface area contributed by atoms with Gasteiger partial charge < -0.3 is 10.4 Å². The quantitative estimate of drug-likeness (QED) is 0.861. The van der Waals surface area contributed by atoms with Gasteiger partial charge in [0.05, 0.1) is 6.61 Å². The zero-order valence-corrected chi connectivity index (χ0v) is 11.5. The van der Waals surface area contributed by atoms with Gasteiger partial charge in [-0.3, -0.25) is 0 Å². The smallest absolute Gasteiger partial charge is 0.0698 e. The van der Waals surface area contributed by atoms with Crippen molar-refractivity contribution in [3.63, 3.8) is 0 Å². The summed E-state index contributed by atoms with van der Waals surface area (Å²) < 4.78 is 0. The molecular weight excluding hydrogens is 258 g/mol. The van der Waals surface area contributed by atoms with Crippen LogP contribution in [-0.2, 0) is 6.54 Å². The summed E-state index contributed by atoms with van der Waals surface area (Å²) in [5.74, 6) is 0. The molecule has 1 aliphatic carbocycles. The first-order valence-corrected chi connectivity index (χ1v) is 6.81. The van der Waals surface area contributed by atoms with Crippen molar-refractivity contribution in [3.8, 4) is 0 Å². The van der Waals surface area contributed by atoms with Gasteiger partial charge in [-0.15, -0.1) is 0 Å². The molecule has 0 amide bonds. The summed E-state index contributed by atoms with van der Waals surface area (Å²) in [4.78, 5) is 0. The number of rotatable bonds is 5. The molecule has 0 fully saturated rings. The minimum Gasteiger partial charge on any atom is -0.392 e. The van der Waals surface area contributed by atoms with Crippen LogP contribution >= 0.6 is 11.6 Å². The van der Waals surface area contributed by atoms with E-state index in [9.17, 15) is 5.11 Å². The number of nitrogens with one attached hydrogen (secondary N) is 1. The zero-order chi connectivity index (χ0) is 13.5. The molecule has 0 saturated carbocycles. The van der Waals surface area contributed by atoms with Crippen molar-refractivity contribution in [2.45, 2.75) is 19.4 Å². The first-order chi connectivity index (χ1) is 9.29. The Kier molecular flexibility index (Phi) is 5.25. The minimum absolute atomic E-state index is 0.0578. The molecule has 2 nitrogen and oxygen atoms in total. The van der Waals surface area contributed by atoms with Crippen molar-refractivity contribution in [3.05, 3.63) is 70.4 Å². The molecule has 100 valence electrons. The number of aliphatic hydroxyl groups is 1. The van der Waals surface area contributed by atoms with Crippen LogP contribution < -0.4 is 5.32 Å². The third-order valence-electron chi connectivity index (χ3n) is 3.07. The van der Waals surface area contributed by atoms with Crippen LogP contribution in [-0.4, -0.2) is 11.7 Å². The van der Waals surface area contributed by atoms with Crippen LogP contribution in [0.1, 0.15) is 18.4 Å². The van der Waals surface area contributed by atoms with E-state index in [1.54, 1.807) is 0 Å². The summed E-state index contributed by atoms with van der Waals surface area (Å²) in [5.41, 5.74) is 3.27. The Hall–Kier alpha value is -1.51. The maximum atomic E-state index is 9.43. The monoisotopic (exact) mass is 275 g/mol. The molecule has 0 aromatic heterocycles. The predicted molar refractivity (Wildman–Crippen MR) is 79.9 cm³/mol.